The Morgan fingerprint density at radius 2 is 1.96 bits per heavy atom. The van der Waals surface area contributed by atoms with Gasteiger partial charge in [-0.25, -0.2) is 8.42 Å². The molecule has 0 bridgehead atoms. The van der Waals surface area contributed by atoms with Crippen molar-refractivity contribution in [1.29, 1.82) is 0 Å². The molecule has 25 heavy (non-hydrogen) atoms. The van der Waals surface area contributed by atoms with E-state index in [-0.39, 0.29) is 30.3 Å². The summed E-state index contributed by atoms with van der Waals surface area (Å²) in [5.41, 5.74) is -0.294. The Bertz CT molecular complexity index is 593. The average molecular weight is 379 g/mol. The minimum Gasteiger partial charge on any atom is -0.355 e. The Morgan fingerprint density at radius 3 is 2.64 bits per heavy atom. The van der Waals surface area contributed by atoms with Crippen LogP contribution in [0.2, 0.25) is 0 Å². The van der Waals surface area contributed by atoms with Gasteiger partial charge in [0.25, 0.3) is 10.0 Å². The van der Waals surface area contributed by atoms with Gasteiger partial charge in [0.05, 0.1) is 5.41 Å². The standard InChI is InChI=1S/C16H27F2N3O3S/c17-15(18)25(23,24)21-7-4-12(5-8-21)9-20-14(22)16-6-2-1-3-13(16)10-19-11-16/h12-13,15,19H,1-11H2,(H,20,22)/t13-,16+/m0/s1. The van der Waals surface area contributed by atoms with E-state index < -0.39 is 15.8 Å². The molecule has 2 N–H and O–H groups in total. The van der Waals surface area contributed by atoms with Crippen molar-refractivity contribution >= 4 is 15.9 Å². The maximum Gasteiger partial charge on any atom is 0.350 e. The van der Waals surface area contributed by atoms with Crippen molar-refractivity contribution in [1.82, 2.24) is 14.9 Å². The van der Waals surface area contributed by atoms with Gasteiger partial charge in [-0.15, -0.1) is 0 Å². The number of hydrogen-bond acceptors (Lipinski definition) is 4. The van der Waals surface area contributed by atoms with E-state index in [9.17, 15) is 22.0 Å². The van der Waals surface area contributed by atoms with Gasteiger partial charge in [0.2, 0.25) is 5.91 Å². The lowest BCUT2D eigenvalue weighted by molar-refractivity contribution is -0.134. The van der Waals surface area contributed by atoms with Crippen LogP contribution in [0.1, 0.15) is 38.5 Å². The molecule has 2 atom stereocenters. The summed E-state index contributed by atoms with van der Waals surface area (Å²) in [6.07, 6.45) is 5.27. The van der Waals surface area contributed by atoms with E-state index >= 15 is 0 Å². The molecular weight excluding hydrogens is 352 g/mol. The number of halogens is 2. The zero-order valence-electron chi connectivity index (χ0n) is 14.3. The Labute approximate surface area is 147 Å². The number of nitrogens with one attached hydrogen (secondary N) is 2. The van der Waals surface area contributed by atoms with Crippen LogP contribution in [0.5, 0.6) is 0 Å². The molecule has 2 aliphatic heterocycles. The fraction of sp³-hybridized carbons (Fsp3) is 0.938. The van der Waals surface area contributed by atoms with Crippen molar-refractivity contribution in [2.45, 2.75) is 44.3 Å². The third-order valence-corrected chi connectivity index (χ3v) is 7.74. The number of carbonyl (C=O) groups is 1. The first kappa shape index (κ1) is 19.0. The van der Waals surface area contributed by atoms with Crippen molar-refractivity contribution in [3.8, 4) is 0 Å². The molecule has 1 aliphatic carbocycles. The van der Waals surface area contributed by atoms with Gasteiger partial charge < -0.3 is 10.6 Å². The number of rotatable bonds is 5. The molecule has 0 aromatic rings. The maximum atomic E-state index is 12.8. The molecule has 9 heteroatoms. The normalized spacial score (nSPS) is 31.9. The SMILES string of the molecule is O=C(NCC1CCN(S(=O)(=O)C(F)F)CC1)[C@@]12CCCC[C@H]1CNC2. The second kappa shape index (κ2) is 7.44. The molecule has 2 heterocycles. The van der Waals surface area contributed by atoms with Gasteiger partial charge in [-0.05, 0) is 44.1 Å². The summed E-state index contributed by atoms with van der Waals surface area (Å²) < 4.78 is 49.0. The zero-order valence-corrected chi connectivity index (χ0v) is 15.2. The summed E-state index contributed by atoms with van der Waals surface area (Å²) in [6.45, 7) is 2.33. The van der Waals surface area contributed by atoms with Crippen molar-refractivity contribution in [3.05, 3.63) is 0 Å². The molecule has 1 amide bonds. The molecule has 3 fully saturated rings. The predicted molar refractivity (Wildman–Crippen MR) is 89.5 cm³/mol. The minimum atomic E-state index is -4.48. The zero-order chi connectivity index (χ0) is 18.1. The van der Waals surface area contributed by atoms with Crippen molar-refractivity contribution in [2.24, 2.45) is 17.3 Å². The first-order valence-corrected chi connectivity index (χ1v) is 10.6. The number of fused-ring (bicyclic) bond motifs is 1. The summed E-state index contributed by atoms with van der Waals surface area (Å²) in [7, 11) is -4.48. The second-order valence-electron chi connectivity index (χ2n) is 7.59. The van der Waals surface area contributed by atoms with E-state index in [1.165, 1.54) is 6.42 Å². The van der Waals surface area contributed by atoms with Gasteiger partial charge >= 0.3 is 5.76 Å². The minimum absolute atomic E-state index is 0.0997. The van der Waals surface area contributed by atoms with Gasteiger partial charge in [-0.3, -0.25) is 4.79 Å². The summed E-state index contributed by atoms with van der Waals surface area (Å²) in [5.74, 6) is -2.72. The Kier molecular flexibility index (Phi) is 5.65. The Hall–Kier alpha value is -0.800. The lowest BCUT2D eigenvalue weighted by Crippen LogP contribution is -2.50. The Morgan fingerprint density at radius 1 is 1.24 bits per heavy atom. The molecule has 1 saturated carbocycles. The topological polar surface area (TPSA) is 78.5 Å². The molecule has 3 rings (SSSR count). The third-order valence-electron chi connectivity index (χ3n) is 6.20. The Balaban J connectivity index is 1.49. The van der Waals surface area contributed by atoms with E-state index in [0.29, 0.717) is 25.3 Å². The highest BCUT2D eigenvalue weighted by Crippen LogP contribution is 2.43. The predicted octanol–water partition coefficient (Wildman–Crippen LogP) is 1.15. The first-order chi connectivity index (χ1) is 11.9. The molecule has 0 spiro atoms. The van der Waals surface area contributed by atoms with Crippen LogP contribution >= 0.6 is 0 Å². The molecule has 0 unspecified atom stereocenters. The highest BCUT2D eigenvalue weighted by atomic mass is 32.2. The highest BCUT2D eigenvalue weighted by molar-refractivity contribution is 7.89. The summed E-state index contributed by atoms with van der Waals surface area (Å²) in [4.78, 5) is 12.8. The fourth-order valence-corrected chi connectivity index (χ4v) is 5.53. The first-order valence-electron chi connectivity index (χ1n) is 9.12. The van der Waals surface area contributed by atoms with Crippen LogP contribution < -0.4 is 10.6 Å². The van der Waals surface area contributed by atoms with Gasteiger partial charge in [0.1, 0.15) is 0 Å². The molecule has 0 radical (unpaired) electrons. The van der Waals surface area contributed by atoms with E-state index in [4.69, 9.17) is 0 Å². The molecule has 0 aromatic heterocycles. The quantitative estimate of drug-likeness (QED) is 0.751. The van der Waals surface area contributed by atoms with Crippen LogP contribution in [0.3, 0.4) is 0 Å². The molecule has 144 valence electrons. The lowest BCUT2D eigenvalue weighted by atomic mass is 9.67. The largest absolute Gasteiger partial charge is 0.355 e. The van der Waals surface area contributed by atoms with Crippen LogP contribution in [0.15, 0.2) is 0 Å². The number of carbonyl (C=O) groups excluding carboxylic acids is 1. The van der Waals surface area contributed by atoms with Crippen LogP contribution in [0.25, 0.3) is 0 Å². The van der Waals surface area contributed by atoms with Gasteiger partial charge in [-0.2, -0.15) is 13.1 Å². The van der Waals surface area contributed by atoms with Crippen molar-refractivity contribution in [3.63, 3.8) is 0 Å². The molecule has 3 aliphatic rings. The summed E-state index contributed by atoms with van der Waals surface area (Å²) in [5, 5.41) is 6.42. The van der Waals surface area contributed by atoms with E-state index in [1.54, 1.807) is 0 Å². The van der Waals surface area contributed by atoms with Crippen LogP contribution in [-0.2, 0) is 14.8 Å². The molecule has 0 aromatic carbocycles. The van der Waals surface area contributed by atoms with E-state index in [2.05, 4.69) is 10.6 Å². The van der Waals surface area contributed by atoms with Crippen LogP contribution in [0.4, 0.5) is 8.78 Å². The average Bonchev–Trinajstić information content (AvgIpc) is 3.05. The summed E-state index contributed by atoms with van der Waals surface area (Å²) >= 11 is 0. The van der Waals surface area contributed by atoms with Gasteiger partial charge in [-0.1, -0.05) is 12.8 Å². The highest BCUT2D eigenvalue weighted by Gasteiger charge is 2.49. The second-order valence-corrected chi connectivity index (χ2v) is 9.49. The van der Waals surface area contributed by atoms with E-state index in [1.807, 2.05) is 0 Å². The lowest BCUT2D eigenvalue weighted by Gasteiger charge is -2.38. The monoisotopic (exact) mass is 379 g/mol. The van der Waals surface area contributed by atoms with Crippen LogP contribution in [-0.4, -0.2) is 57.1 Å². The molecule has 2 saturated heterocycles. The molecule has 6 nitrogen and oxygen atoms in total. The van der Waals surface area contributed by atoms with Crippen LogP contribution in [0, 0.1) is 17.3 Å². The maximum absolute atomic E-state index is 12.8. The molecular formula is C16H27F2N3O3S. The van der Waals surface area contributed by atoms with E-state index in [0.717, 1.165) is 36.7 Å². The number of hydrogen-bond donors (Lipinski definition) is 2. The number of nitrogens with zero attached hydrogens (tertiary/aromatic N) is 1. The summed E-state index contributed by atoms with van der Waals surface area (Å²) in [6, 6.07) is 0. The van der Waals surface area contributed by atoms with Crippen molar-refractivity contribution < 1.29 is 22.0 Å². The smallest absolute Gasteiger partial charge is 0.350 e. The van der Waals surface area contributed by atoms with Gasteiger partial charge in [0.15, 0.2) is 0 Å². The number of sulfonamides is 1. The number of amides is 1. The third kappa shape index (κ3) is 3.68. The van der Waals surface area contributed by atoms with Crippen molar-refractivity contribution in [2.75, 3.05) is 32.7 Å². The van der Waals surface area contributed by atoms with Gasteiger partial charge in [0, 0.05) is 26.2 Å². The number of alkyl halides is 2. The number of piperidine rings is 1. The fourth-order valence-electron chi connectivity index (χ4n) is 4.58.